The highest BCUT2D eigenvalue weighted by atomic mass is 16.5. The Hall–Kier alpha value is -11.2. The van der Waals surface area contributed by atoms with E-state index in [1.807, 2.05) is 72.8 Å². The van der Waals surface area contributed by atoms with Gasteiger partial charge < -0.3 is 38.6 Å². The zero-order chi connectivity index (χ0) is 62.5. The van der Waals surface area contributed by atoms with E-state index in [4.69, 9.17) is 28.4 Å². The van der Waals surface area contributed by atoms with Crippen LogP contribution in [0.3, 0.4) is 0 Å². The lowest BCUT2D eigenvalue weighted by molar-refractivity contribution is 0.202. The molecule has 0 fully saturated rings. The van der Waals surface area contributed by atoms with Crippen molar-refractivity contribution in [2.45, 2.75) is 5.41 Å². The molecule has 0 spiro atoms. The van der Waals surface area contributed by atoms with E-state index >= 15 is 0 Å². The molecule has 14 aromatic carbocycles. The van der Waals surface area contributed by atoms with Crippen LogP contribution in [0.25, 0.3) is 98.7 Å². The van der Waals surface area contributed by atoms with E-state index in [-0.39, 0.29) is 52.9 Å². The molecule has 454 valence electrons. The van der Waals surface area contributed by atoms with Gasteiger partial charge in [-0.3, -0.25) is 0 Å². The second-order valence-electron chi connectivity index (χ2n) is 23.2. The van der Waals surface area contributed by atoms with Crippen LogP contribution in [0.5, 0.6) is 34.5 Å². The summed E-state index contributed by atoms with van der Waals surface area (Å²) in [5, 5.41) is 28.2. The van der Waals surface area contributed by atoms with Gasteiger partial charge in [0.15, 0.2) is 0 Å². The lowest BCUT2D eigenvalue weighted by Gasteiger charge is -2.35. The number of fused-ring (bicyclic) bond motifs is 7. The maximum Gasteiger partial charge on any atom is 0.128 e. The summed E-state index contributed by atoms with van der Waals surface area (Å²) in [7, 11) is 0. The summed E-state index contributed by atoms with van der Waals surface area (Å²) in [6, 6.07) is 102. The fraction of sp³-hybridized carbons (Fsp3) is 0.106. The molecular weight excluding hydrogens is 1150 g/mol. The first kappa shape index (κ1) is 58.2. The van der Waals surface area contributed by atoms with E-state index < -0.39 is 5.41 Å². The minimum atomic E-state index is -0.786. The van der Waals surface area contributed by atoms with E-state index in [1.54, 1.807) is 0 Å². The maximum atomic E-state index is 9.89. The zero-order valence-electron chi connectivity index (χ0n) is 51.2. The van der Waals surface area contributed by atoms with Gasteiger partial charge in [-0.2, -0.15) is 0 Å². The summed E-state index contributed by atoms with van der Waals surface area (Å²) in [5.74, 6) is 4.22. The number of rotatable bonds is 22. The molecule has 0 saturated carbocycles. The van der Waals surface area contributed by atoms with E-state index in [9.17, 15) is 10.2 Å². The summed E-state index contributed by atoms with van der Waals surface area (Å²) >= 11 is 0. The molecule has 0 bridgehead atoms. The molecule has 0 saturated heterocycles. The first-order valence-electron chi connectivity index (χ1n) is 31.7. The van der Waals surface area contributed by atoms with Crippen molar-refractivity contribution < 1.29 is 38.6 Å². The normalized spacial score (nSPS) is 12.2. The Kier molecular flexibility index (Phi) is 16.3. The molecule has 0 unspecified atom stereocenters. The van der Waals surface area contributed by atoms with Crippen LogP contribution in [0, 0.1) is 0 Å². The summed E-state index contributed by atoms with van der Waals surface area (Å²) in [5.41, 5.74) is 13.7. The molecule has 8 nitrogen and oxygen atoms in total. The highest BCUT2D eigenvalue weighted by Gasteiger charge is 2.46. The van der Waals surface area contributed by atoms with Crippen molar-refractivity contribution in [2.75, 3.05) is 52.9 Å². The second-order valence-corrected chi connectivity index (χ2v) is 23.2. The second kappa shape index (κ2) is 26.0. The van der Waals surface area contributed by atoms with Gasteiger partial charge in [0.25, 0.3) is 0 Å². The van der Waals surface area contributed by atoms with E-state index in [0.717, 1.165) is 110 Å². The zero-order valence-corrected chi connectivity index (χ0v) is 51.2. The molecule has 2 N–H and O–H groups in total. The Bertz CT molecular complexity index is 4720. The van der Waals surface area contributed by atoms with Crippen LogP contribution >= 0.6 is 0 Å². The van der Waals surface area contributed by atoms with Gasteiger partial charge in [-0.15, -0.1) is 0 Å². The van der Waals surface area contributed by atoms with E-state index in [0.29, 0.717) is 23.0 Å². The topological polar surface area (TPSA) is 95.8 Å². The SMILES string of the molecule is OCCOc1ccc2ccccc2c1-c1c(OCCOc2ccc(C3(c4ccc(OCCOc5ccc6ccccc6c5-c5c(OCCO)ccc6ccccc56)c(-c5ccccc5)c4)c4ccccc4-c4ccccc43)cc2-c2ccccc2)ccc2ccccc12. The van der Waals surface area contributed by atoms with Gasteiger partial charge in [-0.1, -0.05) is 243 Å². The number of ether oxygens (including phenoxy) is 6. The van der Waals surface area contributed by atoms with Gasteiger partial charge in [-0.05, 0) is 136 Å². The van der Waals surface area contributed by atoms with Gasteiger partial charge in [-0.25, -0.2) is 0 Å². The molecule has 0 aromatic heterocycles. The molecule has 1 aliphatic carbocycles. The highest BCUT2D eigenvalue weighted by Crippen LogP contribution is 2.58. The Labute approximate surface area is 540 Å². The largest absolute Gasteiger partial charge is 0.491 e. The lowest BCUT2D eigenvalue weighted by Crippen LogP contribution is -2.29. The Balaban J connectivity index is 0.781. The molecule has 93 heavy (non-hydrogen) atoms. The number of hydrogen-bond acceptors (Lipinski definition) is 8. The highest BCUT2D eigenvalue weighted by molar-refractivity contribution is 6.11. The summed E-state index contributed by atoms with van der Waals surface area (Å²) < 4.78 is 40.1. The predicted molar refractivity (Wildman–Crippen MR) is 376 cm³/mol. The first-order chi connectivity index (χ1) is 46.1. The van der Waals surface area contributed by atoms with Crippen molar-refractivity contribution in [3.05, 3.63) is 313 Å². The third kappa shape index (κ3) is 10.9. The lowest BCUT2D eigenvalue weighted by atomic mass is 9.67. The van der Waals surface area contributed by atoms with E-state index in [1.165, 1.54) is 22.3 Å². The number of benzene rings is 14. The van der Waals surface area contributed by atoms with Crippen molar-refractivity contribution in [1.82, 2.24) is 0 Å². The van der Waals surface area contributed by atoms with Crippen molar-refractivity contribution in [1.29, 1.82) is 0 Å². The van der Waals surface area contributed by atoms with Gasteiger partial charge in [0.2, 0.25) is 0 Å². The van der Waals surface area contributed by atoms with Crippen LogP contribution < -0.4 is 28.4 Å². The molecule has 1 aliphatic rings. The minimum Gasteiger partial charge on any atom is -0.491 e. The van der Waals surface area contributed by atoms with Crippen LogP contribution in [0.15, 0.2) is 291 Å². The molecule has 15 rings (SSSR count). The average Bonchev–Trinajstić information content (AvgIpc) is 1.56. The third-order valence-electron chi connectivity index (χ3n) is 17.9. The number of aliphatic hydroxyl groups is 2. The fourth-order valence-corrected chi connectivity index (χ4v) is 13.9. The Morgan fingerprint density at radius 2 is 0.516 bits per heavy atom. The monoisotopic (exact) mass is 1210 g/mol. The van der Waals surface area contributed by atoms with Gasteiger partial charge >= 0.3 is 0 Å². The smallest absolute Gasteiger partial charge is 0.128 e. The first-order valence-corrected chi connectivity index (χ1v) is 31.7. The summed E-state index contributed by atoms with van der Waals surface area (Å²) in [4.78, 5) is 0. The fourth-order valence-electron chi connectivity index (χ4n) is 13.9. The maximum absolute atomic E-state index is 9.89. The van der Waals surface area contributed by atoms with Crippen LogP contribution in [-0.4, -0.2) is 63.1 Å². The molecule has 0 aliphatic heterocycles. The quantitative estimate of drug-likeness (QED) is 0.0648. The van der Waals surface area contributed by atoms with Crippen LogP contribution in [0.1, 0.15) is 22.3 Å². The van der Waals surface area contributed by atoms with Crippen molar-refractivity contribution >= 4 is 43.1 Å². The van der Waals surface area contributed by atoms with Crippen LogP contribution in [0.2, 0.25) is 0 Å². The molecule has 0 amide bonds. The van der Waals surface area contributed by atoms with E-state index in [2.05, 4.69) is 218 Å². The van der Waals surface area contributed by atoms with Crippen molar-refractivity contribution in [3.63, 3.8) is 0 Å². The summed E-state index contributed by atoms with van der Waals surface area (Å²) in [6.45, 7) is 1.12. The molecule has 8 heteroatoms. The van der Waals surface area contributed by atoms with Gasteiger partial charge in [0, 0.05) is 33.4 Å². The molecule has 0 heterocycles. The predicted octanol–water partition coefficient (Wildman–Crippen LogP) is 19.0. The summed E-state index contributed by atoms with van der Waals surface area (Å²) in [6.07, 6.45) is 0. The van der Waals surface area contributed by atoms with Crippen molar-refractivity contribution in [2.24, 2.45) is 0 Å². The number of aliphatic hydroxyl groups excluding tert-OH is 2. The molecule has 0 atom stereocenters. The average molecular weight is 1220 g/mol. The molecular formula is C85H66O8. The minimum absolute atomic E-state index is 0.109. The van der Waals surface area contributed by atoms with Crippen molar-refractivity contribution in [3.8, 4) is 90.1 Å². The van der Waals surface area contributed by atoms with Gasteiger partial charge in [0.05, 0.1) is 18.6 Å². The Morgan fingerprint density at radius 3 is 0.860 bits per heavy atom. The molecule has 14 aromatic rings. The number of hydrogen-bond donors (Lipinski definition) is 2. The Morgan fingerprint density at radius 1 is 0.237 bits per heavy atom. The van der Waals surface area contributed by atoms with Crippen LogP contribution in [0.4, 0.5) is 0 Å². The van der Waals surface area contributed by atoms with Gasteiger partial charge in [0.1, 0.15) is 74.1 Å². The standard InChI is InChI=1S/C85H66O8/c86-47-49-88-77-41-35-59-23-7-11-27-65(59)81(77)83-67-29-13-9-25-61(67)37-43-79(83)92-53-51-90-75-45-39-63(55-71(75)57-19-3-1-4-20-57)85(73-33-17-15-31-69(73)70-32-16-18-34-74(70)85)64-40-46-76(72(56-64)58-21-5-2-6-22-58)91-52-54-93-80-44-38-62-26-10-14-30-68(62)84(80)82-66-28-12-8-24-60(66)36-42-78(82)89-50-48-87/h1-46,55-56,86-87H,47-54H2. The van der Waals surface area contributed by atoms with Crippen LogP contribution in [-0.2, 0) is 5.41 Å². The molecule has 0 radical (unpaired) electrons. The third-order valence-corrected chi connectivity index (χ3v) is 17.9.